The van der Waals surface area contributed by atoms with Crippen molar-refractivity contribution >= 4 is 29.8 Å². The van der Waals surface area contributed by atoms with Crippen LogP contribution < -0.4 is 21.3 Å². The highest BCUT2D eigenvalue weighted by atomic mass is 16.6. The number of nitrogens with one attached hydrogen (secondary N) is 4. The fraction of sp³-hybridized carbons (Fsp3) is 0.560. The Morgan fingerprint density at radius 3 is 2.03 bits per heavy atom. The van der Waals surface area contributed by atoms with Gasteiger partial charge in [-0.05, 0) is 38.7 Å². The minimum Gasteiger partial charge on any atom is -0.467 e. The van der Waals surface area contributed by atoms with Gasteiger partial charge in [-0.2, -0.15) is 0 Å². The average Bonchev–Trinajstić information content (AvgIpc) is 2.79. The number of amides is 4. The molecule has 2 atom stereocenters. The monoisotopic (exact) mass is 506 g/mol. The summed E-state index contributed by atoms with van der Waals surface area (Å²) in [5, 5.41) is 9.94. The molecule has 0 aliphatic rings. The van der Waals surface area contributed by atoms with Crippen LogP contribution in [0.2, 0.25) is 0 Å². The van der Waals surface area contributed by atoms with Crippen molar-refractivity contribution in [3.63, 3.8) is 0 Å². The van der Waals surface area contributed by atoms with E-state index in [-0.39, 0.29) is 18.9 Å². The molecular formula is C25H38N4O7. The minimum atomic E-state index is -1.00. The quantitative estimate of drug-likeness (QED) is 0.309. The molecule has 0 saturated carbocycles. The second kappa shape index (κ2) is 14.7. The predicted molar refractivity (Wildman–Crippen MR) is 133 cm³/mol. The van der Waals surface area contributed by atoms with E-state index in [1.165, 1.54) is 7.11 Å². The zero-order chi connectivity index (χ0) is 27.3. The lowest BCUT2D eigenvalue weighted by molar-refractivity contribution is -0.145. The molecule has 11 nitrogen and oxygen atoms in total. The molecule has 1 rings (SSSR count). The van der Waals surface area contributed by atoms with Gasteiger partial charge in [0, 0.05) is 6.42 Å². The summed E-state index contributed by atoms with van der Waals surface area (Å²) in [5.74, 6) is -2.24. The molecule has 0 radical (unpaired) electrons. The van der Waals surface area contributed by atoms with Gasteiger partial charge in [-0.15, -0.1) is 0 Å². The summed E-state index contributed by atoms with van der Waals surface area (Å²) in [6.45, 7) is 8.09. The normalized spacial score (nSPS) is 12.6. The minimum absolute atomic E-state index is 0.112. The van der Waals surface area contributed by atoms with Crippen molar-refractivity contribution in [1.29, 1.82) is 0 Å². The molecule has 0 bridgehead atoms. The number of esters is 1. The summed E-state index contributed by atoms with van der Waals surface area (Å²) in [6, 6.07) is 7.19. The maximum atomic E-state index is 13.0. The molecule has 0 fully saturated rings. The van der Waals surface area contributed by atoms with Crippen molar-refractivity contribution in [2.75, 3.05) is 20.2 Å². The Morgan fingerprint density at radius 2 is 1.47 bits per heavy atom. The van der Waals surface area contributed by atoms with E-state index in [0.717, 1.165) is 5.56 Å². The number of alkyl carbamates (subject to hydrolysis) is 1. The van der Waals surface area contributed by atoms with Crippen LogP contribution in [0.3, 0.4) is 0 Å². The summed E-state index contributed by atoms with van der Waals surface area (Å²) in [4.78, 5) is 61.3. The van der Waals surface area contributed by atoms with Gasteiger partial charge in [0.05, 0.1) is 13.7 Å². The second-order valence-electron chi connectivity index (χ2n) is 9.66. The zero-order valence-corrected chi connectivity index (χ0v) is 21.8. The summed E-state index contributed by atoms with van der Waals surface area (Å²) in [7, 11) is 1.24. The highest BCUT2D eigenvalue weighted by Crippen LogP contribution is 2.09. The van der Waals surface area contributed by atoms with E-state index in [1.807, 2.05) is 32.0 Å². The van der Waals surface area contributed by atoms with Crippen molar-refractivity contribution < 1.29 is 33.4 Å². The van der Waals surface area contributed by atoms with Crippen molar-refractivity contribution in [2.24, 2.45) is 5.92 Å². The molecule has 36 heavy (non-hydrogen) atoms. The number of carbonyl (C=O) groups excluding carboxylic acids is 5. The van der Waals surface area contributed by atoms with E-state index in [0.29, 0.717) is 6.42 Å². The maximum Gasteiger partial charge on any atom is 0.408 e. The molecule has 11 heteroatoms. The molecular weight excluding hydrogens is 468 g/mol. The Bertz CT molecular complexity index is 897. The lowest BCUT2D eigenvalue weighted by atomic mass is 10.0. The first-order valence-electron chi connectivity index (χ1n) is 11.8. The largest absolute Gasteiger partial charge is 0.467 e. The molecule has 200 valence electrons. The molecule has 4 amide bonds. The van der Waals surface area contributed by atoms with E-state index >= 15 is 0 Å². The molecule has 0 spiro atoms. The molecule has 0 aliphatic carbocycles. The van der Waals surface area contributed by atoms with Gasteiger partial charge in [-0.1, -0.05) is 44.2 Å². The summed E-state index contributed by atoms with van der Waals surface area (Å²) in [5.41, 5.74) is 0.0821. The lowest BCUT2D eigenvalue weighted by Crippen LogP contribution is -2.54. The Balaban J connectivity index is 2.76. The Kier molecular flexibility index (Phi) is 12.4. The van der Waals surface area contributed by atoms with Gasteiger partial charge in [-0.3, -0.25) is 14.4 Å². The molecule has 1 aromatic carbocycles. The van der Waals surface area contributed by atoms with Gasteiger partial charge in [0.15, 0.2) is 0 Å². The van der Waals surface area contributed by atoms with Crippen LogP contribution in [0.1, 0.15) is 46.6 Å². The molecule has 0 unspecified atom stereocenters. The van der Waals surface area contributed by atoms with Crippen LogP contribution in [0.15, 0.2) is 30.3 Å². The molecule has 0 heterocycles. The number of methoxy groups -OCH3 is 1. The maximum absolute atomic E-state index is 13.0. The number of ether oxygens (including phenoxy) is 2. The Hall–Kier alpha value is -3.63. The highest BCUT2D eigenvalue weighted by molar-refractivity contribution is 5.92. The first kappa shape index (κ1) is 30.4. The van der Waals surface area contributed by atoms with Crippen LogP contribution in [-0.4, -0.2) is 67.7 Å². The number of hydrogen-bond donors (Lipinski definition) is 4. The van der Waals surface area contributed by atoms with Gasteiger partial charge < -0.3 is 30.7 Å². The van der Waals surface area contributed by atoms with Crippen molar-refractivity contribution in [2.45, 2.75) is 65.1 Å². The zero-order valence-electron chi connectivity index (χ0n) is 21.8. The molecule has 0 aromatic heterocycles. The Morgan fingerprint density at radius 1 is 0.861 bits per heavy atom. The first-order valence-corrected chi connectivity index (χ1v) is 11.8. The van der Waals surface area contributed by atoms with Crippen LogP contribution in [0.25, 0.3) is 0 Å². The summed E-state index contributed by atoms with van der Waals surface area (Å²) >= 11 is 0. The average molecular weight is 507 g/mol. The van der Waals surface area contributed by atoms with Crippen LogP contribution in [0.5, 0.6) is 0 Å². The molecule has 1 aromatic rings. The Labute approximate surface area is 212 Å². The number of hydrogen-bond acceptors (Lipinski definition) is 7. The van der Waals surface area contributed by atoms with Gasteiger partial charge >= 0.3 is 12.1 Å². The van der Waals surface area contributed by atoms with E-state index in [4.69, 9.17) is 9.47 Å². The summed E-state index contributed by atoms with van der Waals surface area (Å²) in [6.07, 6.45) is -0.226. The number of carbonyl (C=O) groups is 5. The molecule has 4 N–H and O–H groups in total. The second-order valence-corrected chi connectivity index (χ2v) is 9.66. The number of rotatable bonds is 12. The summed E-state index contributed by atoms with van der Waals surface area (Å²) < 4.78 is 9.84. The van der Waals surface area contributed by atoms with Crippen molar-refractivity contribution in [3.05, 3.63) is 35.9 Å². The predicted octanol–water partition coefficient (Wildman–Crippen LogP) is 1.06. The molecule has 0 aliphatic heterocycles. The third-order valence-electron chi connectivity index (χ3n) is 4.68. The van der Waals surface area contributed by atoms with E-state index in [2.05, 4.69) is 21.3 Å². The van der Waals surface area contributed by atoms with E-state index in [1.54, 1.807) is 32.9 Å². The van der Waals surface area contributed by atoms with Crippen LogP contribution in [-0.2, 0) is 35.1 Å². The standard InChI is InChI=1S/C25H38N4O7/c1-16(2)12-19(23(33)35-6)29-22(32)18(13-17-10-8-7-9-11-17)28-21(31)15-26-20(30)14-27-24(34)36-25(3,4)5/h7-11,16,18-19H,12-15H2,1-6H3,(H,26,30)(H,27,34)(H,28,31)(H,29,32)/t18-,19-/m0/s1. The van der Waals surface area contributed by atoms with Gasteiger partial charge in [0.25, 0.3) is 0 Å². The van der Waals surface area contributed by atoms with E-state index in [9.17, 15) is 24.0 Å². The molecule has 0 saturated heterocycles. The van der Waals surface area contributed by atoms with Gasteiger partial charge in [-0.25, -0.2) is 9.59 Å². The number of benzene rings is 1. The smallest absolute Gasteiger partial charge is 0.408 e. The van der Waals surface area contributed by atoms with Gasteiger partial charge in [0.1, 0.15) is 24.2 Å². The highest BCUT2D eigenvalue weighted by Gasteiger charge is 2.28. The fourth-order valence-corrected chi connectivity index (χ4v) is 3.11. The van der Waals surface area contributed by atoms with Gasteiger partial charge in [0.2, 0.25) is 17.7 Å². The van der Waals surface area contributed by atoms with Crippen LogP contribution >= 0.6 is 0 Å². The van der Waals surface area contributed by atoms with Crippen LogP contribution in [0, 0.1) is 5.92 Å². The van der Waals surface area contributed by atoms with E-state index < -0.39 is 54.0 Å². The van der Waals surface area contributed by atoms with Crippen LogP contribution in [0.4, 0.5) is 4.79 Å². The fourth-order valence-electron chi connectivity index (χ4n) is 3.11. The van der Waals surface area contributed by atoms with Crippen molar-refractivity contribution in [3.8, 4) is 0 Å². The third-order valence-corrected chi connectivity index (χ3v) is 4.68. The third kappa shape index (κ3) is 12.7. The topological polar surface area (TPSA) is 152 Å². The lowest BCUT2D eigenvalue weighted by Gasteiger charge is -2.23. The first-order chi connectivity index (χ1) is 16.8. The SMILES string of the molecule is COC(=O)[C@H](CC(C)C)NC(=O)[C@H](Cc1ccccc1)NC(=O)CNC(=O)CNC(=O)OC(C)(C)C. The van der Waals surface area contributed by atoms with Crippen molar-refractivity contribution in [1.82, 2.24) is 21.3 Å².